The van der Waals surface area contributed by atoms with Gasteiger partial charge in [0.25, 0.3) is 5.91 Å². The molecule has 4 N–H and O–H groups in total. The molecule has 3 rings (SSSR count). The first-order valence-corrected chi connectivity index (χ1v) is 7.43. The van der Waals surface area contributed by atoms with Crippen molar-refractivity contribution in [3.63, 3.8) is 0 Å². The van der Waals surface area contributed by atoms with Crippen LogP contribution < -0.4 is 16.2 Å². The van der Waals surface area contributed by atoms with E-state index in [1.165, 1.54) is 12.1 Å². The van der Waals surface area contributed by atoms with E-state index in [0.29, 0.717) is 11.1 Å². The van der Waals surface area contributed by atoms with Gasteiger partial charge in [-0.15, -0.1) is 0 Å². The van der Waals surface area contributed by atoms with Gasteiger partial charge in [-0.25, -0.2) is 4.39 Å². The second-order valence-corrected chi connectivity index (χ2v) is 5.36. The normalized spacial score (nSPS) is 10.6. The second kappa shape index (κ2) is 6.78. The van der Waals surface area contributed by atoms with Crippen LogP contribution in [-0.2, 0) is 4.79 Å². The number of ether oxygens (including phenoxy) is 1. The van der Waals surface area contributed by atoms with Crippen LogP contribution in [0.2, 0.25) is 5.02 Å². The highest BCUT2D eigenvalue weighted by molar-refractivity contribution is 6.36. The number of amides is 1. The number of hydrogen-bond donors (Lipinski definition) is 2. The highest BCUT2D eigenvalue weighted by Gasteiger charge is 2.18. The Kier molecular flexibility index (Phi) is 4.53. The number of nitrogens with zero attached hydrogens (tertiary/aromatic N) is 2. The largest absolute Gasteiger partial charge is 0.482 e. The number of halogens is 2. The van der Waals surface area contributed by atoms with Crippen LogP contribution in [0.25, 0.3) is 22.2 Å². The van der Waals surface area contributed by atoms with Crippen molar-refractivity contribution in [2.24, 2.45) is 16.5 Å². The van der Waals surface area contributed by atoms with E-state index in [4.69, 9.17) is 32.3 Å². The number of aromatic nitrogens is 1. The Labute approximate surface area is 146 Å². The average molecular weight is 363 g/mol. The van der Waals surface area contributed by atoms with Crippen molar-refractivity contribution >= 4 is 34.4 Å². The van der Waals surface area contributed by atoms with Crippen LogP contribution in [0, 0.1) is 5.82 Å². The summed E-state index contributed by atoms with van der Waals surface area (Å²) in [6, 6.07) is 9.30. The predicted octanol–water partition coefficient (Wildman–Crippen LogP) is 2.47. The van der Waals surface area contributed by atoms with Gasteiger partial charge in [-0.1, -0.05) is 28.9 Å². The molecule has 128 valence electrons. The van der Waals surface area contributed by atoms with E-state index >= 15 is 0 Å². The Hall–Kier alpha value is -3.13. The van der Waals surface area contributed by atoms with Gasteiger partial charge in [0.15, 0.2) is 18.1 Å². The lowest BCUT2D eigenvalue weighted by Crippen LogP contribution is -2.25. The van der Waals surface area contributed by atoms with Gasteiger partial charge in [0.2, 0.25) is 0 Å². The van der Waals surface area contributed by atoms with E-state index in [1.807, 2.05) is 0 Å². The Morgan fingerprint density at radius 3 is 2.76 bits per heavy atom. The molecule has 3 aromatic rings. The zero-order valence-corrected chi connectivity index (χ0v) is 13.5. The zero-order chi connectivity index (χ0) is 18.0. The zero-order valence-electron chi connectivity index (χ0n) is 12.7. The Bertz CT molecular complexity index is 983. The minimum atomic E-state index is -0.666. The molecule has 1 amide bonds. The molecule has 0 aliphatic rings. The first kappa shape index (κ1) is 16.7. The molecule has 0 bridgehead atoms. The molecule has 2 aromatic carbocycles. The molecule has 0 atom stereocenters. The van der Waals surface area contributed by atoms with E-state index in [-0.39, 0.29) is 27.9 Å². The summed E-state index contributed by atoms with van der Waals surface area (Å²) in [6.07, 6.45) is 0. The van der Waals surface area contributed by atoms with Gasteiger partial charge in [-0.2, -0.15) is 4.99 Å². The Morgan fingerprint density at radius 1 is 1.28 bits per heavy atom. The molecular weight excluding hydrogens is 351 g/mol. The number of aliphatic imine (C=N–C) groups is 1. The topological polar surface area (TPSA) is 117 Å². The van der Waals surface area contributed by atoms with Gasteiger partial charge in [-0.05, 0) is 24.3 Å². The molecule has 7 nitrogen and oxygen atoms in total. The maximum absolute atomic E-state index is 14.0. The molecule has 1 aromatic heterocycles. The number of benzene rings is 2. The van der Waals surface area contributed by atoms with Crippen molar-refractivity contribution in [3.05, 3.63) is 47.2 Å². The van der Waals surface area contributed by atoms with Crippen molar-refractivity contribution in [3.8, 4) is 17.0 Å². The van der Waals surface area contributed by atoms with E-state index in [2.05, 4.69) is 10.1 Å². The van der Waals surface area contributed by atoms with Gasteiger partial charge in [0, 0.05) is 5.56 Å². The van der Waals surface area contributed by atoms with Crippen LogP contribution in [0.5, 0.6) is 5.75 Å². The van der Waals surface area contributed by atoms with Gasteiger partial charge in [-0.3, -0.25) is 4.79 Å². The molecular formula is C16H12ClFN4O3. The third kappa shape index (κ3) is 3.38. The molecule has 0 aliphatic carbocycles. The summed E-state index contributed by atoms with van der Waals surface area (Å²) in [5.41, 5.74) is 11.0. The van der Waals surface area contributed by atoms with Gasteiger partial charge in [0.05, 0.1) is 5.39 Å². The fraction of sp³-hybridized carbons (Fsp3) is 0.0625. The molecule has 0 unspecified atom stereocenters. The summed E-state index contributed by atoms with van der Waals surface area (Å²) >= 11 is 6.22. The predicted molar refractivity (Wildman–Crippen MR) is 90.7 cm³/mol. The molecule has 0 radical (unpaired) electrons. The fourth-order valence-electron chi connectivity index (χ4n) is 2.23. The lowest BCUT2D eigenvalue weighted by Gasteiger charge is -2.06. The monoisotopic (exact) mass is 362 g/mol. The molecule has 0 fully saturated rings. The minimum Gasteiger partial charge on any atom is -0.482 e. The van der Waals surface area contributed by atoms with Crippen molar-refractivity contribution in [1.82, 2.24) is 5.16 Å². The number of carbonyl (C=O) groups excluding carboxylic acids is 1. The molecule has 25 heavy (non-hydrogen) atoms. The maximum Gasteiger partial charge on any atom is 0.286 e. The van der Waals surface area contributed by atoms with Crippen LogP contribution in [0.4, 0.5) is 4.39 Å². The van der Waals surface area contributed by atoms with Gasteiger partial charge >= 0.3 is 0 Å². The van der Waals surface area contributed by atoms with Crippen molar-refractivity contribution in [1.29, 1.82) is 0 Å². The van der Waals surface area contributed by atoms with E-state index < -0.39 is 18.3 Å². The number of carbonyl (C=O) groups is 1. The average Bonchev–Trinajstić information content (AvgIpc) is 2.99. The second-order valence-electron chi connectivity index (χ2n) is 4.98. The number of nitrogens with two attached hydrogens (primary N) is 2. The fourth-order valence-corrected chi connectivity index (χ4v) is 2.48. The molecule has 0 aliphatic heterocycles. The summed E-state index contributed by atoms with van der Waals surface area (Å²) in [5, 5.41) is 4.50. The summed E-state index contributed by atoms with van der Waals surface area (Å²) in [6.45, 7) is -0.405. The highest BCUT2D eigenvalue weighted by Crippen LogP contribution is 2.38. The molecule has 1 heterocycles. The molecule has 9 heteroatoms. The van der Waals surface area contributed by atoms with Crippen molar-refractivity contribution in [2.45, 2.75) is 0 Å². The summed E-state index contributed by atoms with van der Waals surface area (Å²) in [5.74, 6) is -1.28. The number of hydrogen-bond acceptors (Lipinski definition) is 4. The first-order valence-electron chi connectivity index (χ1n) is 7.05. The first-order chi connectivity index (χ1) is 12.0. The Balaban J connectivity index is 1.93. The van der Waals surface area contributed by atoms with Crippen LogP contribution in [0.3, 0.4) is 0 Å². The number of rotatable bonds is 4. The third-order valence-corrected chi connectivity index (χ3v) is 3.64. The van der Waals surface area contributed by atoms with E-state index in [0.717, 1.165) is 0 Å². The van der Waals surface area contributed by atoms with Gasteiger partial charge < -0.3 is 20.7 Å². The lowest BCUT2D eigenvalue weighted by atomic mass is 10.1. The Morgan fingerprint density at radius 2 is 2.04 bits per heavy atom. The molecule has 0 saturated heterocycles. The van der Waals surface area contributed by atoms with E-state index in [1.54, 1.807) is 24.3 Å². The maximum atomic E-state index is 14.0. The van der Waals surface area contributed by atoms with Gasteiger partial charge in [0.1, 0.15) is 22.3 Å². The van der Waals surface area contributed by atoms with Crippen molar-refractivity contribution < 1.29 is 18.4 Å². The van der Waals surface area contributed by atoms with Crippen LogP contribution in [0.15, 0.2) is 45.9 Å². The molecule has 0 spiro atoms. The SMILES string of the molecule is NC(N)=NC(=O)COc1ccc2c(-c3ccccc3F)noc2c1Cl. The van der Waals surface area contributed by atoms with Crippen LogP contribution >= 0.6 is 11.6 Å². The highest BCUT2D eigenvalue weighted by atomic mass is 35.5. The van der Waals surface area contributed by atoms with Crippen LogP contribution in [0.1, 0.15) is 0 Å². The summed E-state index contributed by atoms with van der Waals surface area (Å²) in [7, 11) is 0. The summed E-state index contributed by atoms with van der Waals surface area (Å²) in [4.78, 5) is 14.8. The van der Waals surface area contributed by atoms with Crippen molar-refractivity contribution in [2.75, 3.05) is 6.61 Å². The third-order valence-electron chi connectivity index (χ3n) is 3.28. The minimum absolute atomic E-state index is 0.102. The number of fused-ring (bicyclic) bond motifs is 1. The van der Waals surface area contributed by atoms with E-state index in [9.17, 15) is 9.18 Å². The standard InChI is InChI=1S/C16H12ClFN4O3/c17-13-11(24-7-12(23)21-16(19)20)6-5-9-14(22-25-15(9)13)8-3-1-2-4-10(8)18/h1-6H,7H2,(H4,19,20,21,23). The lowest BCUT2D eigenvalue weighted by molar-refractivity contribution is -0.119. The number of guanidine groups is 1. The summed E-state index contributed by atoms with van der Waals surface area (Å²) < 4.78 is 24.5. The molecule has 0 saturated carbocycles. The smallest absolute Gasteiger partial charge is 0.286 e. The quantitative estimate of drug-likeness (QED) is 0.544. The van der Waals surface area contributed by atoms with Crippen LogP contribution in [-0.4, -0.2) is 23.6 Å².